The van der Waals surface area contributed by atoms with Gasteiger partial charge in [0.05, 0.1) is 26.9 Å². The molecule has 1 aliphatic heterocycles. The smallest absolute Gasteiger partial charge is 0.226 e. The molecule has 2 aromatic rings. The van der Waals surface area contributed by atoms with Crippen molar-refractivity contribution < 1.29 is 14.3 Å². The van der Waals surface area contributed by atoms with Crippen molar-refractivity contribution in [2.75, 3.05) is 46.5 Å². The fourth-order valence-corrected chi connectivity index (χ4v) is 3.68. The van der Waals surface area contributed by atoms with Crippen molar-refractivity contribution in [3.8, 4) is 5.75 Å². The van der Waals surface area contributed by atoms with Crippen LogP contribution in [-0.2, 0) is 22.6 Å². The van der Waals surface area contributed by atoms with Crippen molar-refractivity contribution >= 4 is 5.91 Å². The van der Waals surface area contributed by atoms with Gasteiger partial charge in [-0.25, -0.2) is 4.98 Å². The molecule has 7 heteroatoms. The number of ether oxygens (including phenoxy) is 2. The van der Waals surface area contributed by atoms with E-state index in [1.54, 1.807) is 7.11 Å². The summed E-state index contributed by atoms with van der Waals surface area (Å²) in [6, 6.07) is 8.07. The lowest BCUT2D eigenvalue weighted by Crippen LogP contribution is -2.43. The van der Waals surface area contributed by atoms with Crippen LogP contribution in [0.5, 0.6) is 5.75 Å². The Kier molecular flexibility index (Phi) is 6.46. The average molecular weight is 399 g/mol. The minimum Gasteiger partial charge on any atom is -0.497 e. The van der Waals surface area contributed by atoms with Crippen LogP contribution in [0.2, 0.25) is 0 Å². The van der Waals surface area contributed by atoms with Crippen molar-refractivity contribution in [2.24, 2.45) is 5.92 Å². The lowest BCUT2D eigenvalue weighted by Gasteiger charge is -2.30. The fraction of sp³-hybridized carbons (Fsp3) is 0.545. The number of imidazole rings is 1. The van der Waals surface area contributed by atoms with Crippen LogP contribution < -0.4 is 4.74 Å². The normalized spacial score (nSPS) is 17.3. The summed E-state index contributed by atoms with van der Waals surface area (Å²) in [6.45, 7) is 6.36. The van der Waals surface area contributed by atoms with Gasteiger partial charge >= 0.3 is 0 Å². The average Bonchev–Trinajstić information content (AvgIpc) is 3.53. The second-order valence-corrected chi connectivity index (χ2v) is 7.81. The minimum atomic E-state index is 0.213. The molecule has 1 aliphatic carbocycles. The molecule has 1 aromatic heterocycles. The van der Waals surface area contributed by atoms with Crippen LogP contribution in [0, 0.1) is 5.92 Å². The number of rotatable bonds is 9. The topological polar surface area (TPSA) is 59.8 Å². The lowest BCUT2D eigenvalue weighted by atomic mass is 10.2. The van der Waals surface area contributed by atoms with Crippen LogP contribution in [0.3, 0.4) is 0 Å². The Hall–Kier alpha value is -2.38. The molecule has 1 amide bonds. The lowest BCUT2D eigenvalue weighted by molar-refractivity contribution is -0.133. The van der Waals surface area contributed by atoms with E-state index in [-0.39, 0.29) is 11.8 Å². The van der Waals surface area contributed by atoms with Crippen LogP contribution >= 0.6 is 0 Å². The van der Waals surface area contributed by atoms with E-state index in [2.05, 4.69) is 26.6 Å². The Morgan fingerprint density at radius 1 is 1.24 bits per heavy atom. The summed E-state index contributed by atoms with van der Waals surface area (Å²) >= 11 is 0. The van der Waals surface area contributed by atoms with Gasteiger partial charge in [-0.05, 0) is 30.5 Å². The standard InChI is InChI=1S/C22H30N4O3/c1-28-20-6-2-18(3-7-20)16-25-9-8-23-21(25)17-26(22(27)19-4-5-19)11-10-24-12-14-29-15-13-24/h2-3,6-9,19H,4-5,10-17H2,1H3. The molecule has 2 heterocycles. The van der Waals surface area contributed by atoms with E-state index in [4.69, 9.17) is 9.47 Å². The molecule has 0 bridgehead atoms. The van der Waals surface area contributed by atoms with Gasteiger partial charge in [-0.1, -0.05) is 12.1 Å². The van der Waals surface area contributed by atoms with Crippen molar-refractivity contribution in [1.29, 1.82) is 0 Å². The largest absolute Gasteiger partial charge is 0.497 e. The van der Waals surface area contributed by atoms with E-state index >= 15 is 0 Å². The highest BCUT2D eigenvalue weighted by molar-refractivity contribution is 5.81. The maximum Gasteiger partial charge on any atom is 0.226 e. The monoisotopic (exact) mass is 398 g/mol. The van der Waals surface area contributed by atoms with Gasteiger partial charge < -0.3 is 18.9 Å². The molecule has 7 nitrogen and oxygen atoms in total. The number of carbonyl (C=O) groups excluding carboxylic acids is 1. The fourth-order valence-electron chi connectivity index (χ4n) is 3.68. The van der Waals surface area contributed by atoms with Gasteiger partial charge in [0.15, 0.2) is 0 Å². The van der Waals surface area contributed by atoms with Crippen LogP contribution in [0.4, 0.5) is 0 Å². The van der Waals surface area contributed by atoms with Gasteiger partial charge in [-0.2, -0.15) is 0 Å². The van der Waals surface area contributed by atoms with Crippen molar-refractivity contribution in [3.05, 3.63) is 48.0 Å². The molecule has 1 saturated heterocycles. The van der Waals surface area contributed by atoms with Gasteiger partial charge in [0.1, 0.15) is 11.6 Å². The zero-order valence-corrected chi connectivity index (χ0v) is 17.1. The third-order valence-corrected chi connectivity index (χ3v) is 5.67. The second-order valence-electron chi connectivity index (χ2n) is 7.81. The highest BCUT2D eigenvalue weighted by Crippen LogP contribution is 2.31. The summed E-state index contributed by atoms with van der Waals surface area (Å²) in [5.41, 5.74) is 1.18. The zero-order valence-electron chi connectivity index (χ0n) is 17.1. The molecule has 0 spiro atoms. The maximum absolute atomic E-state index is 12.9. The first-order chi connectivity index (χ1) is 14.2. The number of amides is 1. The van der Waals surface area contributed by atoms with E-state index in [1.165, 1.54) is 5.56 Å². The first-order valence-electron chi connectivity index (χ1n) is 10.4. The maximum atomic E-state index is 12.9. The number of hydrogen-bond acceptors (Lipinski definition) is 5. The SMILES string of the molecule is COc1ccc(Cn2ccnc2CN(CCN2CCOCC2)C(=O)C2CC2)cc1. The van der Waals surface area contributed by atoms with Gasteiger partial charge in [0, 0.05) is 51.0 Å². The number of morpholine rings is 1. The predicted octanol–water partition coefficient (Wildman–Crippen LogP) is 2.01. The summed E-state index contributed by atoms with van der Waals surface area (Å²) in [6.07, 6.45) is 5.85. The van der Waals surface area contributed by atoms with Crippen molar-refractivity contribution in [1.82, 2.24) is 19.4 Å². The number of aromatic nitrogens is 2. The van der Waals surface area contributed by atoms with E-state index in [9.17, 15) is 4.79 Å². The Bertz CT molecular complexity index is 795. The van der Waals surface area contributed by atoms with Gasteiger partial charge in [0.2, 0.25) is 5.91 Å². The Morgan fingerprint density at radius 3 is 2.69 bits per heavy atom. The molecule has 1 aromatic carbocycles. The summed E-state index contributed by atoms with van der Waals surface area (Å²) in [4.78, 5) is 21.8. The highest BCUT2D eigenvalue weighted by Gasteiger charge is 2.34. The van der Waals surface area contributed by atoms with E-state index < -0.39 is 0 Å². The zero-order chi connectivity index (χ0) is 20.1. The molecular weight excluding hydrogens is 368 g/mol. The molecular formula is C22H30N4O3. The molecule has 0 N–H and O–H groups in total. The van der Waals surface area contributed by atoms with Crippen molar-refractivity contribution in [3.63, 3.8) is 0 Å². The molecule has 0 radical (unpaired) electrons. The van der Waals surface area contributed by atoms with Crippen LogP contribution in [0.15, 0.2) is 36.7 Å². The van der Waals surface area contributed by atoms with Crippen LogP contribution in [0.1, 0.15) is 24.2 Å². The van der Waals surface area contributed by atoms with Crippen molar-refractivity contribution in [2.45, 2.75) is 25.9 Å². The van der Waals surface area contributed by atoms with Gasteiger partial charge in [0.25, 0.3) is 0 Å². The predicted molar refractivity (Wildman–Crippen MR) is 110 cm³/mol. The highest BCUT2D eigenvalue weighted by atomic mass is 16.5. The molecule has 29 heavy (non-hydrogen) atoms. The molecule has 0 atom stereocenters. The summed E-state index contributed by atoms with van der Waals surface area (Å²) < 4.78 is 12.8. The summed E-state index contributed by atoms with van der Waals surface area (Å²) in [7, 11) is 1.67. The number of benzene rings is 1. The Labute approximate surface area is 172 Å². The van der Waals surface area contributed by atoms with Crippen LogP contribution in [-0.4, -0.2) is 71.8 Å². The quantitative estimate of drug-likeness (QED) is 0.647. The number of methoxy groups -OCH3 is 1. The third kappa shape index (κ3) is 5.36. The Morgan fingerprint density at radius 2 is 2.00 bits per heavy atom. The Balaban J connectivity index is 1.41. The molecule has 2 fully saturated rings. The van der Waals surface area contributed by atoms with Crippen LogP contribution in [0.25, 0.3) is 0 Å². The summed E-state index contributed by atoms with van der Waals surface area (Å²) in [5.74, 6) is 2.27. The van der Waals surface area contributed by atoms with Gasteiger partial charge in [-0.15, -0.1) is 0 Å². The minimum absolute atomic E-state index is 0.213. The molecule has 0 unspecified atom stereocenters. The molecule has 2 aliphatic rings. The van der Waals surface area contributed by atoms with Gasteiger partial charge in [-0.3, -0.25) is 9.69 Å². The molecule has 4 rings (SSSR count). The van der Waals surface area contributed by atoms with E-state index in [1.807, 2.05) is 29.4 Å². The second kappa shape index (κ2) is 9.41. The first kappa shape index (κ1) is 19.9. The summed E-state index contributed by atoms with van der Waals surface area (Å²) in [5, 5.41) is 0. The van der Waals surface area contributed by atoms with E-state index in [0.717, 1.165) is 70.4 Å². The number of hydrogen-bond donors (Lipinski definition) is 0. The molecule has 1 saturated carbocycles. The van der Waals surface area contributed by atoms with E-state index in [0.29, 0.717) is 6.54 Å². The first-order valence-corrected chi connectivity index (χ1v) is 10.4. The third-order valence-electron chi connectivity index (χ3n) is 5.67. The molecule has 156 valence electrons. The number of carbonyl (C=O) groups is 1. The number of nitrogens with zero attached hydrogens (tertiary/aromatic N) is 4.